The van der Waals surface area contributed by atoms with E-state index in [1.54, 1.807) is 4.90 Å². The van der Waals surface area contributed by atoms with Gasteiger partial charge in [-0.05, 0) is 34.1 Å². The summed E-state index contributed by atoms with van der Waals surface area (Å²) in [6.07, 6.45) is 1.79. The highest BCUT2D eigenvalue weighted by atomic mass is 35.5. The van der Waals surface area contributed by atoms with Crippen molar-refractivity contribution in [3.63, 3.8) is 0 Å². The van der Waals surface area contributed by atoms with Crippen LogP contribution < -0.4 is 9.64 Å². The van der Waals surface area contributed by atoms with Crippen LogP contribution in [-0.2, 0) is 4.74 Å². The fourth-order valence-electron chi connectivity index (χ4n) is 3.39. The van der Waals surface area contributed by atoms with Crippen molar-refractivity contribution in [2.75, 3.05) is 25.6 Å². The third-order valence-electron chi connectivity index (χ3n) is 4.85. The molecule has 0 saturated carbocycles. The number of nitrogens with zero attached hydrogens (tertiary/aromatic N) is 5. The lowest BCUT2D eigenvalue weighted by molar-refractivity contribution is 0.0237. The average molecular weight is 426 g/mol. The molecule has 10 heteroatoms. The molecule has 1 amide bonds. The van der Waals surface area contributed by atoms with Gasteiger partial charge in [0.1, 0.15) is 16.9 Å². The summed E-state index contributed by atoms with van der Waals surface area (Å²) in [6.45, 7) is 7.92. The van der Waals surface area contributed by atoms with E-state index < -0.39 is 11.4 Å². The Morgan fingerprint density at radius 1 is 1.38 bits per heavy atom. The van der Waals surface area contributed by atoms with Crippen molar-refractivity contribution in [1.29, 1.82) is 0 Å². The van der Waals surface area contributed by atoms with E-state index in [4.69, 9.17) is 21.1 Å². The van der Waals surface area contributed by atoms with Gasteiger partial charge in [-0.3, -0.25) is 0 Å². The average Bonchev–Trinajstić information content (AvgIpc) is 3.04. The Labute approximate surface area is 174 Å². The van der Waals surface area contributed by atoms with Crippen LogP contribution in [-0.4, -0.2) is 64.3 Å². The van der Waals surface area contributed by atoms with Crippen molar-refractivity contribution >= 4 is 34.4 Å². The van der Waals surface area contributed by atoms with E-state index in [0.29, 0.717) is 24.2 Å². The Balaban J connectivity index is 1.93. The molecule has 2 unspecified atom stereocenters. The molecule has 29 heavy (non-hydrogen) atoms. The Bertz CT molecular complexity index is 936. The number of likely N-dealkylation sites (tertiary alicyclic amines) is 1. The highest BCUT2D eigenvalue weighted by Crippen LogP contribution is 2.33. The van der Waals surface area contributed by atoms with Gasteiger partial charge >= 0.3 is 12.1 Å². The third kappa shape index (κ3) is 4.29. The maximum Gasteiger partial charge on any atom is 0.410 e. The summed E-state index contributed by atoms with van der Waals surface area (Å²) >= 11 is 5.81. The molecule has 158 valence electrons. The van der Waals surface area contributed by atoms with E-state index in [1.807, 2.05) is 39.6 Å². The molecular weight excluding hydrogens is 401 g/mol. The zero-order chi connectivity index (χ0) is 21.5. The monoisotopic (exact) mass is 425 g/mol. The number of anilines is 1. The van der Waals surface area contributed by atoms with Crippen LogP contribution in [0.25, 0.3) is 10.9 Å². The minimum absolute atomic E-state index is 0.0170. The highest BCUT2D eigenvalue weighted by Gasteiger charge is 2.37. The fraction of sp³-hybridized carbons (Fsp3) is 0.579. The molecule has 2 atom stereocenters. The zero-order valence-corrected chi connectivity index (χ0v) is 18.1. The summed E-state index contributed by atoms with van der Waals surface area (Å²) in [5, 5.41) is 0.149. The Kier molecular flexibility index (Phi) is 5.71. The fourth-order valence-corrected chi connectivity index (χ4v) is 3.53. The number of hydrogen-bond donors (Lipinski definition) is 0. The number of carbonyl (C=O) groups excluding carboxylic acids is 1. The van der Waals surface area contributed by atoms with Gasteiger partial charge in [0.2, 0.25) is 0 Å². The number of hydrogen-bond acceptors (Lipinski definition) is 7. The minimum atomic E-state index is -0.727. The van der Waals surface area contributed by atoms with Crippen LogP contribution in [0.1, 0.15) is 34.1 Å². The summed E-state index contributed by atoms with van der Waals surface area (Å²) in [4.78, 5) is 28.5. The maximum atomic E-state index is 14.5. The molecule has 2 aromatic heterocycles. The number of fused-ring (bicyclic) bond motifs is 1. The van der Waals surface area contributed by atoms with E-state index in [-0.39, 0.29) is 34.9 Å². The molecule has 2 aromatic rings. The van der Waals surface area contributed by atoms with Crippen molar-refractivity contribution in [3.8, 4) is 6.01 Å². The van der Waals surface area contributed by atoms with Crippen LogP contribution in [0.3, 0.4) is 0 Å². The first-order chi connectivity index (χ1) is 13.5. The minimum Gasteiger partial charge on any atom is -0.467 e. The lowest BCUT2D eigenvalue weighted by atomic mass is 10.1. The number of halogens is 2. The highest BCUT2D eigenvalue weighted by molar-refractivity contribution is 6.30. The summed E-state index contributed by atoms with van der Waals surface area (Å²) in [5.74, 6) is -0.271. The largest absolute Gasteiger partial charge is 0.467 e. The normalized spacial score (nSPS) is 19.5. The Morgan fingerprint density at radius 2 is 2.07 bits per heavy atom. The van der Waals surface area contributed by atoms with Crippen molar-refractivity contribution in [2.24, 2.45) is 0 Å². The molecule has 3 heterocycles. The van der Waals surface area contributed by atoms with E-state index in [1.165, 1.54) is 13.3 Å². The molecule has 0 aliphatic carbocycles. The molecule has 1 fully saturated rings. The van der Waals surface area contributed by atoms with Crippen molar-refractivity contribution in [3.05, 3.63) is 17.2 Å². The van der Waals surface area contributed by atoms with Crippen LogP contribution in [0, 0.1) is 5.82 Å². The summed E-state index contributed by atoms with van der Waals surface area (Å²) in [5.41, 5.74) is -0.534. The number of methoxy groups -OCH3 is 1. The van der Waals surface area contributed by atoms with Gasteiger partial charge in [0, 0.05) is 31.9 Å². The van der Waals surface area contributed by atoms with Crippen molar-refractivity contribution in [2.45, 2.75) is 51.8 Å². The van der Waals surface area contributed by atoms with Gasteiger partial charge < -0.3 is 19.3 Å². The van der Waals surface area contributed by atoms with Crippen molar-refractivity contribution < 1.29 is 18.7 Å². The van der Waals surface area contributed by atoms with Gasteiger partial charge in [0.15, 0.2) is 11.0 Å². The molecule has 0 spiro atoms. The first-order valence-corrected chi connectivity index (χ1v) is 9.67. The number of likely N-dealkylation sites (N-methyl/N-ethyl adjacent to an activating group) is 1. The molecule has 0 aromatic carbocycles. The lowest BCUT2D eigenvalue weighted by Gasteiger charge is -2.28. The van der Waals surface area contributed by atoms with Crippen LogP contribution in [0.5, 0.6) is 6.01 Å². The zero-order valence-electron chi connectivity index (χ0n) is 17.4. The number of carbonyl (C=O) groups is 1. The second-order valence-electron chi connectivity index (χ2n) is 8.14. The van der Waals surface area contributed by atoms with E-state index in [9.17, 15) is 9.18 Å². The third-order valence-corrected chi connectivity index (χ3v) is 5.11. The summed E-state index contributed by atoms with van der Waals surface area (Å²) in [6, 6.07) is -0.0498. The molecule has 1 aliphatic heterocycles. The molecule has 1 aliphatic rings. The van der Waals surface area contributed by atoms with Crippen LogP contribution in [0.4, 0.5) is 15.0 Å². The van der Waals surface area contributed by atoms with Gasteiger partial charge in [-0.15, -0.1) is 0 Å². The smallest absolute Gasteiger partial charge is 0.410 e. The number of amides is 1. The van der Waals surface area contributed by atoms with Crippen LogP contribution in [0.15, 0.2) is 6.20 Å². The topological polar surface area (TPSA) is 80.7 Å². The number of aromatic nitrogens is 3. The van der Waals surface area contributed by atoms with Gasteiger partial charge in [-0.25, -0.2) is 14.2 Å². The SMILES string of the molecule is COc1nc(N(C)C2CC(C)N(C(=O)OC(C)(C)C)C2)c2cnc(Cl)c(F)c2n1. The van der Waals surface area contributed by atoms with Gasteiger partial charge in [0.25, 0.3) is 0 Å². The van der Waals surface area contributed by atoms with E-state index >= 15 is 0 Å². The maximum absolute atomic E-state index is 14.5. The second-order valence-corrected chi connectivity index (χ2v) is 8.50. The van der Waals surface area contributed by atoms with Crippen LogP contribution in [0.2, 0.25) is 5.15 Å². The standard InChI is InChI=1S/C19H25ClFN5O3/c1-10-7-11(9-26(10)18(27)29-19(2,3)4)25(5)16-12-8-22-15(20)13(21)14(12)23-17(24-16)28-6/h8,10-11H,7,9H2,1-6H3. The van der Waals surface area contributed by atoms with Crippen molar-refractivity contribution in [1.82, 2.24) is 19.9 Å². The number of rotatable bonds is 3. The summed E-state index contributed by atoms with van der Waals surface area (Å²) in [7, 11) is 3.25. The van der Waals surface area contributed by atoms with Crippen LogP contribution >= 0.6 is 11.6 Å². The van der Waals surface area contributed by atoms with Gasteiger partial charge in [-0.2, -0.15) is 9.97 Å². The molecule has 0 N–H and O–H groups in total. The van der Waals surface area contributed by atoms with Gasteiger partial charge in [-0.1, -0.05) is 11.6 Å². The molecule has 3 rings (SSSR count). The molecule has 8 nitrogen and oxygen atoms in total. The second kappa shape index (κ2) is 7.78. The summed E-state index contributed by atoms with van der Waals surface area (Å²) < 4.78 is 25.1. The quantitative estimate of drug-likeness (QED) is 0.694. The Hall–Kier alpha value is -2.42. The van der Waals surface area contributed by atoms with E-state index in [0.717, 1.165) is 0 Å². The first-order valence-electron chi connectivity index (χ1n) is 9.30. The Morgan fingerprint density at radius 3 is 2.69 bits per heavy atom. The molecular formula is C19H25ClFN5O3. The van der Waals surface area contributed by atoms with Gasteiger partial charge in [0.05, 0.1) is 12.5 Å². The molecule has 1 saturated heterocycles. The lowest BCUT2D eigenvalue weighted by Crippen LogP contribution is -2.41. The number of pyridine rings is 1. The predicted octanol–water partition coefficient (Wildman–Crippen LogP) is 3.66. The number of ether oxygens (including phenoxy) is 2. The predicted molar refractivity (Wildman–Crippen MR) is 108 cm³/mol. The molecule has 0 radical (unpaired) electrons. The first kappa shape index (κ1) is 21.3. The molecule has 0 bridgehead atoms. The van der Waals surface area contributed by atoms with E-state index in [2.05, 4.69) is 15.0 Å².